The van der Waals surface area contributed by atoms with E-state index in [-0.39, 0.29) is 0 Å². The van der Waals surface area contributed by atoms with E-state index in [1.807, 2.05) is 18.5 Å². The van der Waals surface area contributed by atoms with Crippen LogP contribution in [0, 0.1) is 5.92 Å². The molecule has 0 atom stereocenters. The third-order valence-corrected chi connectivity index (χ3v) is 6.95. The van der Waals surface area contributed by atoms with Crippen molar-refractivity contribution < 1.29 is 9.53 Å². The summed E-state index contributed by atoms with van der Waals surface area (Å²) in [5, 5.41) is 0. The maximum atomic E-state index is 12.9. The number of likely N-dealkylation sites (tertiary alicyclic amines) is 1. The number of hydrogen-bond donors (Lipinski definition) is 0. The highest BCUT2D eigenvalue weighted by atomic mass is 16.5. The molecular formula is C23H35N3O2. The molecule has 1 aliphatic carbocycles. The van der Waals surface area contributed by atoms with Crippen molar-refractivity contribution in [2.45, 2.75) is 76.4 Å². The lowest BCUT2D eigenvalue weighted by molar-refractivity contribution is -0.138. The minimum Gasteiger partial charge on any atom is -0.381 e. The number of pyridine rings is 1. The van der Waals surface area contributed by atoms with Crippen LogP contribution in [0.1, 0.15) is 63.4 Å². The van der Waals surface area contributed by atoms with E-state index in [1.54, 1.807) is 0 Å². The van der Waals surface area contributed by atoms with E-state index in [4.69, 9.17) is 4.74 Å². The molecule has 2 saturated heterocycles. The molecular weight excluding hydrogens is 350 g/mol. The molecule has 5 nitrogen and oxygen atoms in total. The first-order chi connectivity index (χ1) is 13.8. The summed E-state index contributed by atoms with van der Waals surface area (Å²) in [7, 11) is 0. The maximum Gasteiger partial charge on any atom is 0.225 e. The number of ether oxygens (including phenoxy) is 1. The van der Waals surface area contributed by atoms with Gasteiger partial charge >= 0.3 is 0 Å². The minimum absolute atomic E-state index is 0.298. The molecule has 2 aliphatic heterocycles. The van der Waals surface area contributed by atoms with Gasteiger partial charge in [0, 0.05) is 63.2 Å². The van der Waals surface area contributed by atoms with Gasteiger partial charge in [-0.1, -0.05) is 25.3 Å². The molecule has 1 amide bonds. The SMILES string of the molecule is O=C(C1CCCCC1)N1CCC(N(Cc2cccnc2)C2CCOCC2)CC1. The molecule has 28 heavy (non-hydrogen) atoms. The topological polar surface area (TPSA) is 45.7 Å². The van der Waals surface area contributed by atoms with Gasteiger partial charge in [-0.05, 0) is 50.2 Å². The van der Waals surface area contributed by atoms with Crippen LogP contribution in [0.5, 0.6) is 0 Å². The highest BCUT2D eigenvalue weighted by Crippen LogP contribution is 2.29. The van der Waals surface area contributed by atoms with Crippen molar-refractivity contribution in [1.29, 1.82) is 0 Å². The number of carbonyl (C=O) groups excluding carboxylic acids is 1. The fourth-order valence-corrected chi connectivity index (χ4v) is 5.30. The number of piperidine rings is 1. The average Bonchev–Trinajstić information content (AvgIpc) is 2.79. The number of nitrogens with zero attached hydrogens (tertiary/aromatic N) is 3. The zero-order chi connectivity index (χ0) is 19.2. The van der Waals surface area contributed by atoms with E-state index in [0.717, 1.165) is 71.4 Å². The van der Waals surface area contributed by atoms with Gasteiger partial charge in [0.2, 0.25) is 5.91 Å². The summed E-state index contributed by atoms with van der Waals surface area (Å²) in [6, 6.07) is 5.35. The van der Waals surface area contributed by atoms with Gasteiger partial charge in [-0.25, -0.2) is 0 Å². The van der Waals surface area contributed by atoms with E-state index in [9.17, 15) is 4.79 Å². The molecule has 3 fully saturated rings. The van der Waals surface area contributed by atoms with Crippen molar-refractivity contribution in [3.8, 4) is 0 Å². The van der Waals surface area contributed by atoms with Gasteiger partial charge in [0.25, 0.3) is 0 Å². The molecule has 1 aromatic rings. The molecule has 1 aromatic heterocycles. The number of aromatic nitrogens is 1. The van der Waals surface area contributed by atoms with Crippen LogP contribution in [-0.2, 0) is 16.1 Å². The molecule has 3 heterocycles. The summed E-state index contributed by atoms with van der Waals surface area (Å²) < 4.78 is 5.61. The Kier molecular flexibility index (Phi) is 6.97. The largest absolute Gasteiger partial charge is 0.381 e. The van der Waals surface area contributed by atoms with E-state index >= 15 is 0 Å². The Morgan fingerprint density at radius 1 is 1.04 bits per heavy atom. The quantitative estimate of drug-likeness (QED) is 0.776. The second-order valence-corrected chi connectivity index (χ2v) is 8.77. The van der Waals surface area contributed by atoms with E-state index in [2.05, 4.69) is 20.9 Å². The number of carbonyl (C=O) groups is 1. The number of amides is 1. The van der Waals surface area contributed by atoms with Gasteiger partial charge < -0.3 is 9.64 Å². The molecule has 0 N–H and O–H groups in total. The van der Waals surface area contributed by atoms with Gasteiger partial charge in [0.15, 0.2) is 0 Å². The Balaban J connectivity index is 1.37. The van der Waals surface area contributed by atoms with Crippen molar-refractivity contribution >= 4 is 5.91 Å². The summed E-state index contributed by atoms with van der Waals surface area (Å²) >= 11 is 0. The fraction of sp³-hybridized carbons (Fsp3) is 0.739. The Morgan fingerprint density at radius 3 is 2.43 bits per heavy atom. The monoisotopic (exact) mass is 385 g/mol. The highest BCUT2D eigenvalue weighted by molar-refractivity contribution is 5.79. The summed E-state index contributed by atoms with van der Waals surface area (Å²) in [4.78, 5) is 22.1. The van der Waals surface area contributed by atoms with Crippen molar-refractivity contribution in [1.82, 2.24) is 14.8 Å². The predicted octanol–water partition coefficient (Wildman–Crippen LogP) is 3.63. The standard InChI is InChI=1S/C23H35N3O2/c27-23(20-6-2-1-3-7-20)25-13-8-21(9-14-25)26(22-10-15-28-16-11-22)18-19-5-4-12-24-17-19/h4-5,12,17,20-22H,1-3,6-11,13-16,18H2. The van der Waals surface area contributed by atoms with Gasteiger partial charge in [0.05, 0.1) is 0 Å². The zero-order valence-electron chi connectivity index (χ0n) is 17.1. The van der Waals surface area contributed by atoms with Crippen LogP contribution < -0.4 is 0 Å². The summed E-state index contributed by atoms with van der Waals surface area (Å²) in [5.74, 6) is 0.732. The molecule has 0 bridgehead atoms. The first-order valence-corrected chi connectivity index (χ1v) is 11.3. The van der Waals surface area contributed by atoms with Crippen LogP contribution in [0.15, 0.2) is 24.5 Å². The average molecular weight is 386 g/mol. The summed E-state index contributed by atoms with van der Waals surface area (Å²) in [5.41, 5.74) is 1.29. The van der Waals surface area contributed by atoms with Gasteiger partial charge in [-0.2, -0.15) is 0 Å². The lowest BCUT2D eigenvalue weighted by Crippen LogP contribution is -2.51. The second-order valence-electron chi connectivity index (χ2n) is 8.77. The van der Waals surface area contributed by atoms with Crippen LogP contribution in [0.25, 0.3) is 0 Å². The van der Waals surface area contributed by atoms with Crippen molar-refractivity contribution in [3.05, 3.63) is 30.1 Å². The molecule has 0 spiro atoms. The van der Waals surface area contributed by atoms with Gasteiger partial charge in [0.1, 0.15) is 0 Å². The molecule has 3 aliphatic rings. The second kappa shape index (κ2) is 9.84. The molecule has 4 rings (SSSR count). The Bertz CT molecular complexity index is 604. The minimum atomic E-state index is 0.298. The molecule has 0 radical (unpaired) electrons. The molecule has 0 unspecified atom stereocenters. The zero-order valence-corrected chi connectivity index (χ0v) is 17.1. The van der Waals surface area contributed by atoms with E-state index in [1.165, 1.54) is 24.8 Å². The third-order valence-electron chi connectivity index (χ3n) is 6.95. The Hall–Kier alpha value is -1.46. The third kappa shape index (κ3) is 4.93. The highest BCUT2D eigenvalue weighted by Gasteiger charge is 2.34. The molecule has 0 aromatic carbocycles. The van der Waals surface area contributed by atoms with Crippen LogP contribution >= 0.6 is 0 Å². The van der Waals surface area contributed by atoms with E-state index < -0.39 is 0 Å². The summed E-state index contributed by atoms with van der Waals surface area (Å²) in [6.45, 7) is 4.54. The first kappa shape index (κ1) is 19.8. The van der Waals surface area contributed by atoms with Crippen molar-refractivity contribution in [2.75, 3.05) is 26.3 Å². The molecule has 1 saturated carbocycles. The lowest BCUT2D eigenvalue weighted by atomic mass is 9.87. The maximum absolute atomic E-state index is 12.9. The van der Waals surface area contributed by atoms with Crippen LogP contribution in [0.4, 0.5) is 0 Å². The predicted molar refractivity (Wildman–Crippen MR) is 110 cm³/mol. The lowest BCUT2D eigenvalue weighted by Gasteiger charge is -2.44. The fourth-order valence-electron chi connectivity index (χ4n) is 5.30. The number of hydrogen-bond acceptors (Lipinski definition) is 4. The Morgan fingerprint density at radius 2 is 1.75 bits per heavy atom. The van der Waals surface area contributed by atoms with Crippen LogP contribution in [0.2, 0.25) is 0 Å². The Labute approximate surface area is 169 Å². The van der Waals surface area contributed by atoms with Crippen LogP contribution in [0.3, 0.4) is 0 Å². The van der Waals surface area contributed by atoms with Gasteiger partial charge in [-0.15, -0.1) is 0 Å². The molecule has 154 valence electrons. The van der Waals surface area contributed by atoms with Gasteiger partial charge in [-0.3, -0.25) is 14.7 Å². The number of rotatable bonds is 5. The first-order valence-electron chi connectivity index (χ1n) is 11.3. The van der Waals surface area contributed by atoms with Crippen LogP contribution in [-0.4, -0.2) is 59.1 Å². The van der Waals surface area contributed by atoms with E-state index in [0.29, 0.717) is 23.9 Å². The normalized spacial score (nSPS) is 23.2. The molecule has 5 heteroatoms. The smallest absolute Gasteiger partial charge is 0.225 e. The summed E-state index contributed by atoms with van der Waals surface area (Å²) in [6.07, 6.45) is 14.2. The van der Waals surface area contributed by atoms with Crippen molar-refractivity contribution in [3.63, 3.8) is 0 Å². The van der Waals surface area contributed by atoms with Crippen molar-refractivity contribution in [2.24, 2.45) is 5.92 Å².